The van der Waals surface area contributed by atoms with E-state index in [1.54, 1.807) is 0 Å². The van der Waals surface area contributed by atoms with Crippen molar-refractivity contribution in [3.05, 3.63) is 59.7 Å². The van der Waals surface area contributed by atoms with Gasteiger partial charge in [-0.15, -0.1) is 0 Å². The average molecular weight is 243 g/mol. The maximum Gasteiger partial charge on any atom is 0.127 e. The fraction of sp³-hybridized carbons (Fsp3) is 0.200. The van der Waals surface area contributed by atoms with Crippen LogP contribution in [0.5, 0.6) is 11.5 Å². The van der Waals surface area contributed by atoms with Crippen LogP contribution >= 0.6 is 0 Å². The van der Waals surface area contributed by atoms with Gasteiger partial charge in [0.25, 0.3) is 0 Å². The molecule has 0 saturated carbocycles. The molecule has 0 aromatic heterocycles. The number of ether oxygens (including phenoxy) is 1. The third kappa shape index (κ3) is 3.09. The van der Waals surface area contributed by atoms with Gasteiger partial charge in [-0.1, -0.05) is 24.3 Å². The van der Waals surface area contributed by atoms with Crippen LogP contribution in [0.2, 0.25) is 0 Å². The number of benzene rings is 2. The Morgan fingerprint density at radius 2 is 1.83 bits per heavy atom. The fourth-order valence-corrected chi connectivity index (χ4v) is 1.66. The Balaban J connectivity index is 2.15. The molecule has 0 bridgehead atoms. The van der Waals surface area contributed by atoms with Gasteiger partial charge in [-0.3, -0.25) is 0 Å². The van der Waals surface area contributed by atoms with Crippen LogP contribution < -0.4 is 10.5 Å². The zero-order valence-corrected chi connectivity index (χ0v) is 10.3. The van der Waals surface area contributed by atoms with E-state index in [-0.39, 0.29) is 12.6 Å². The van der Waals surface area contributed by atoms with Gasteiger partial charge in [0.15, 0.2) is 0 Å². The number of aliphatic hydroxyl groups is 1. The zero-order valence-electron chi connectivity index (χ0n) is 10.3. The van der Waals surface area contributed by atoms with Crippen LogP contribution in [-0.2, 0) is 6.61 Å². The summed E-state index contributed by atoms with van der Waals surface area (Å²) in [5, 5.41) is 8.96. The van der Waals surface area contributed by atoms with E-state index in [2.05, 4.69) is 0 Å². The summed E-state index contributed by atoms with van der Waals surface area (Å²) in [7, 11) is 0. The van der Waals surface area contributed by atoms with Crippen LogP contribution in [0.1, 0.15) is 24.1 Å². The molecule has 1 atom stereocenters. The summed E-state index contributed by atoms with van der Waals surface area (Å²) in [5.41, 5.74) is 7.74. The van der Waals surface area contributed by atoms with Crippen molar-refractivity contribution in [2.45, 2.75) is 19.6 Å². The maximum atomic E-state index is 8.96. The Bertz CT molecular complexity index is 506. The van der Waals surface area contributed by atoms with Crippen LogP contribution in [-0.4, -0.2) is 5.11 Å². The van der Waals surface area contributed by atoms with Crippen LogP contribution in [0.4, 0.5) is 0 Å². The second-order valence-electron chi connectivity index (χ2n) is 4.27. The molecule has 0 amide bonds. The molecule has 1 unspecified atom stereocenters. The van der Waals surface area contributed by atoms with Gasteiger partial charge in [-0.05, 0) is 42.3 Å². The summed E-state index contributed by atoms with van der Waals surface area (Å²) in [6.07, 6.45) is 0. The number of hydrogen-bond acceptors (Lipinski definition) is 3. The first-order valence-electron chi connectivity index (χ1n) is 5.92. The minimum atomic E-state index is -0.00897. The second-order valence-corrected chi connectivity index (χ2v) is 4.27. The van der Waals surface area contributed by atoms with Gasteiger partial charge in [0.1, 0.15) is 11.5 Å². The topological polar surface area (TPSA) is 55.5 Å². The SMILES string of the molecule is CC(N)c1cccc(Oc2ccc(CO)cc2)c1. The minimum Gasteiger partial charge on any atom is -0.457 e. The van der Waals surface area contributed by atoms with Gasteiger partial charge < -0.3 is 15.6 Å². The summed E-state index contributed by atoms with van der Waals surface area (Å²) in [5.74, 6) is 1.51. The van der Waals surface area contributed by atoms with Crippen molar-refractivity contribution in [1.82, 2.24) is 0 Å². The highest BCUT2D eigenvalue weighted by Gasteiger charge is 2.02. The predicted octanol–water partition coefficient (Wildman–Crippen LogP) is 2.99. The molecule has 0 aliphatic carbocycles. The Hall–Kier alpha value is -1.84. The first kappa shape index (κ1) is 12.6. The van der Waals surface area contributed by atoms with E-state index in [9.17, 15) is 0 Å². The number of nitrogens with two attached hydrogens (primary N) is 1. The smallest absolute Gasteiger partial charge is 0.127 e. The third-order valence-electron chi connectivity index (χ3n) is 2.73. The van der Waals surface area contributed by atoms with Crippen molar-refractivity contribution in [1.29, 1.82) is 0 Å². The maximum absolute atomic E-state index is 8.96. The molecule has 3 nitrogen and oxygen atoms in total. The van der Waals surface area contributed by atoms with Crippen molar-refractivity contribution in [3.63, 3.8) is 0 Å². The molecule has 3 N–H and O–H groups in total. The molecule has 2 aromatic carbocycles. The number of rotatable bonds is 4. The molecule has 2 rings (SSSR count). The van der Waals surface area contributed by atoms with Gasteiger partial charge >= 0.3 is 0 Å². The van der Waals surface area contributed by atoms with Gasteiger partial charge in [-0.25, -0.2) is 0 Å². The van der Waals surface area contributed by atoms with Gasteiger partial charge in [0, 0.05) is 6.04 Å². The molecule has 0 aliphatic heterocycles. The fourth-order valence-electron chi connectivity index (χ4n) is 1.66. The van der Waals surface area contributed by atoms with Gasteiger partial charge in [-0.2, -0.15) is 0 Å². The Labute approximate surface area is 107 Å². The van der Waals surface area contributed by atoms with E-state index in [1.165, 1.54) is 0 Å². The normalized spacial score (nSPS) is 12.2. The van der Waals surface area contributed by atoms with Crippen LogP contribution in [0.15, 0.2) is 48.5 Å². The summed E-state index contributed by atoms with van der Waals surface area (Å²) in [6, 6.07) is 15.1. The highest BCUT2D eigenvalue weighted by atomic mass is 16.5. The Kier molecular flexibility index (Phi) is 3.97. The molecular weight excluding hydrogens is 226 g/mol. The molecule has 94 valence electrons. The Morgan fingerprint density at radius 1 is 1.11 bits per heavy atom. The summed E-state index contributed by atoms with van der Waals surface area (Å²) >= 11 is 0. The first-order valence-corrected chi connectivity index (χ1v) is 5.92. The first-order chi connectivity index (χ1) is 8.69. The minimum absolute atomic E-state index is 0.00897. The summed E-state index contributed by atoms with van der Waals surface area (Å²) in [6.45, 7) is 1.98. The number of hydrogen-bond donors (Lipinski definition) is 2. The quantitative estimate of drug-likeness (QED) is 0.868. The van der Waals surface area contributed by atoms with E-state index in [4.69, 9.17) is 15.6 Å². The third-order valence-corrected chi connectivity index (χ3v) is 2.73. The summed E-state index contributed by atoms with van der Waals surface area (Å²) < 4.78 is 5.73. The monoisotopic (exact) mass is 243 g/mol. The molecule has 2 aromatic rings. The molecule has 0 saturated heterocycles. The number of aliphatic hydroxyl groups excluding tert-OH is 1. The van der Waals surface area contributed by atoms with E-state index in [0.29, 0.717) is 0 Å². The second kappa shape index (κ2) is 5.67. The lowest BCUT2D eigenvalue weighted by atomic mass is 10.1. The highest BCUT2D eigenvalue weighted by molar-refractivity contribution is 5.35. The lowest BCUT2D eigenvalue weighted by Crippen LogP contribution is -2.04. The van der Waals surface area contributed by atoms with Crippen molar-refractivity contribution in [2.75, 3.05) is 0 Å². The molecule has 18 heavy (non-hydrogen) atoms. The molecule has 0 radical (unpaired) electrons. The molecule has 0 heterocycles. The standard InChI is InChI=1S/C15H17NO2/c1-11(16)13-3-2-4-15(9-13)18-14-7-5-12(10-17)6-8-14/h2-9,11,17H,10,16H2,1H3. The lowest BCUT2D eigenvalue weighted by molar-refractivity contribution is 0.281. The van der Waals surface area contributed by atoms with Gasteiger partial charge in [0.2, 0.25) is 0 Å². The molecule has 0 fully saturated rings. The van der Waals surface area contributed by atoms with Crippen LogP contribution in [0.3, 0.4) is 0 Å². The average Bonchev–Trinajstić information content (AvgIpc) is 2.40. The van der Waals surface area contributed by atoms with Crippen molar-refractivity contribution in [3.8, 4) is 11.5 Å². The van der Waals surface area contributed by atoms with E-state index in [0.717, 1.165) is 22.6 Å². The lowest BCUT2D eigenvalue weighted by Gasteiger charge is -2.10. The van der Waals surface area contributed by atoms with E-state index >= 15 is 0 Å². The highest BCUT2D eigenvalue weighted by Crippen LogP contribution is 2.24. The van der Waals surface area contributed by atoms with Gasteiger partial charge in [0.05, 0.1) is 6.61 Å². The predicted molar refractivity (Wildman–Crippen MR) is 71.5 cm³/mol. The van der Waals surface area contributed by atoms with E-state index < -0.39 is 0 Å². The van der Waals surface area contributed by atoms with Crippen LogP contribution in [0, 0.1) is 0 Å². The molecule has 0 aliphatic rings. The van der Waals surface area contributed by atoms with Crippen molar-refractivity contribution in [2.24, 2.45) is 5.73 Å². The van der Waals surface area contributed by atoms with Crippen molar-refractivity contribution < 1.29 is 9.84 Å². The molecule has 0 spiro atoms. The van der Waals surface area contributed by atoms with Crippen molar-refractivity contribution >= 4 is 0 Å². The largest absolute Gasteiger partial charge is 0.457 e. The molecule has 3 heteroatoms. The zero-order chi connectivity index (χ0) is 13.0. The van der Waals surface area contributed by atoms with Crippen LogP contribution in [0.25, 0.3) is 0 Å². The van der Waals surface area contributed by atoms with E-state index in [1.807, 2.05) is 55.5 Å². The summed E-state index contributed by atoms with van der Waals surface area (Å²) in [4.78, 5) is 0. The molecular formula is C15H17NO2. The Morgan fingerprint density at radius 3 is 2.44 bits per heavy atom.